The summed E-state index contributed by atoms with van der Waals surface area (Å²) in [4.78, 5) is 12.5. The Morgan fingerprint density at radius 1 is 0.903 bits per heavy atom. The lowest BCUT2D eigenvalue weighted by Crippen LogP contribution is -2.29. The number of carbonyl (C=O) groups is 1. The van der Waals surface area contributed by atoms with E-state index >= 15 is 0 Å². The van der Waals surface area contributed by atoms with Crippen LogP contribution < -0.4 is 14.4 Å². The number of nitrogens with zero attached hydrogens (tertiary/aromatic N) is 1. The predicted octanol–water partition coefficient (Wildman–Crippen LogP) is 3.98. The first kappa shape index (κ1) is 22.4. The number of carbonyl (C=O) groups excluding carboxylic acids is 1. The highest BCUT2D eigenvalue weighted by Gasteiger charge is 2.18. The molecule has 3 aromatic rings. The molecule has 1 amide bonds. The molecule has 0 saturated heterocycles. The van der Waals surface area contributed by atoms with Crippen molar-refractivity contribution >= 4 is 21.6 Å². The largest absolute Gasteiger partial charge is 0.494 e. The van der Waals surface area contributed by atoms with Gasteiger partial charge in [0.25, 0.3) is 5.91 Å². The fourth-order valence-electron chi connectivity index (χ4n) is 3.08. The quantitative estimate of drug-likeness (QED) is 0.548. The third-order valence-corrected chi connectivity index (χ3v) is 5.81. The smallest absolute Gasteiger partial charge is 0.251 e. The van der Waals surface area contributed by atoms with Gasteiger partial charge in [-0.05, 0) is 54.4 Å². The van der Waals surface area contributed by atoms with Crippen molar-refractivity contribution in [1.82, 2.24) is 5.32 Å². The molecule has 1 N–H and O–H groups in total. The summed E-state index contributed by atoms with van der Waals surface area (Å²) in [6, 6.07) is 23.5. The second-order valence-electron chi connectivity index (χ2n) is 7.06. The summed E-state index contributed by atoms with van der Waals surface area (Å²) in [6.07, 6.45) is 1.17. The number of benzene rings is 3. The minimum Gasteiger partial charge on any atom is -0.494 e. The zero-order chi connectivity index (χ0) is 22.3. The van der Waals surface area contributed by atoms with Crippen molar-refractivity contribution < 1.29 is 17.9 Å². The number of rotatable bonds is 9. The highest BCUT2D eigenvalue weighted by molar-refractivity contribution is 7.92. The minimum absolute atomic E-state index is 0.225. The number of hydrogen-bond acceptors (Lipinski definition) is 4. The van der Waals surface area contributed by atoms with Crippen molar-refractivity contribution in [3.8, 4) is 5.75 Å². The lowest BCUT2D eigenvalue weighted by Gasteiger charge is -2.22. The first-order valence-corrected chi connectivity index (χ1v) is 11.8. The SMILES string of the molecule is CCOc1ccc(CNC(=O)c2ccc(N(Cc3ccccc3)S(C)(=O)=O)cc2)cc1. The van der Waals surface area contributed by atoms with E-state index in [2.05, 4.69) is 5.32 Å². The van der Waals surface area contributed by atoms with Crippen LogP contribution in [0.5, 0.6) is 5.75 Å². The molecule has 0 aliphatic heterocycles. The Hall–Kier alpha value is -3.32. The molecule has 0 saturated carbocycles. The zero-order valence-electron chi connectivity index (χ0n) is 17.6. The van der Waals surface area contributed by atoms with Crippen LogP contribution in [-0.2, 0) is 23.1 Å². The van der Waals surface area contributed by atoms with Crippen LogP contribution in [0.4, 0.5) is 5.69 Å². The van der Waals surface area contributed by atoms with Gasteiger partial charge in [0.15, 0.2) is 0 Å². The van der Waals surface area contributed by atoms with Gasteiger partial charge in [-0.15, -0.1) is 0 Å². The third kappa shape index (κ3) is 6.33. The molecule has 0 spiro atoms. The molecule has 6 nitrogen and oxygen atoms in total. The number of nitrogens with one attached hydrogen (secondary N) is 1. The standard InChI is InChI=1S/C24H26N2O4S/c1-3-30-23-15-9-19(10-16-23)17-25-24(27)21-11-13-22(14-12-21)26(31(2,28)29)18-20-7-5-4-6-8-20/h4-16H,3,17-18H2,1-2H3,(H,25,27). The number of amides is 1. The van der Waals surface area contributed by atoms with Gasteiger partial charge < -0.3 is 10.1 Å². The predicted molar refractivity (Wildman–Crippen MR) is 123 cm³/mol. The van der Waals surface area contributed by atoms with Crippen molar-refractivity contribution in [2.75, 3.05) is 17.2 Å². The first-order chi connectivity index (χ1) is 14.9. The number of ether oxygens (including phenoxy) is 1. The van der Waals surface area contributed by atoms with Crippen LogP contribution in [0.1, 0.15) is 28.4 Å². The molecule has 0 radical (unpaired) electrons. The van der Waals surface area contributed by atoms with Gasteiger partial charge in [0.05, 0.1) is 25.1 Å². The molecule has 0 atom stereocenters. The summed E-state index contributed by atoms with van der Waals surface area (Å²) in [6.45, 7) is 3.14. The first-order valence-electron chi connectivity index (χ1n) is 9.98. The Labute approximate surface area is 183 Å². The molecule has 0 aliphatic carbocycles. The van der Waals surface area contributed by atoms with Gasteiger partial charge in [-0.25, -0.2) is 8.42 Å². The summed E-state index contributed by atoms with van der Waals surface area (Å²) in [7, 11) is -3.48. The van der Waals surface area contributed by atoms with Crippen LogP contribution in [0.3, 0.4) is 0 Å². The van der Waals surface area contributed by atoms with Gasteiger partial charge in [0.1, 0.15) is 5.75 Å². The summed E-state index contributed by atoms with van der Waals surface area (Å²) < 4.78 is 31.4. The second-order valence-corrected chi connectivity index (χ2v) is 8.97. The van der Waals surface area contributed by atoms with E-state index in [1.54, 1.807) is 24.3 Å². The molecule has 0 bridgehead atoms. The molecule has 162 valence electrons. The van der Waals surface area contributed by atoms with Crippen molar-refractivity contribution in [2.45, 2.75) is 20.0 Å². The average molecular weight is 439 g/mol. The fraction of sp³-hybridized carbons (Fsp3) is 0.208. The highest BCUT2D eigenvalue weighted by atomic mass is 32.2. The molecule has 0 heterocycles. The van der Waals surface area contributed by atoms with Gasteiger partial charge >= 0.3 is 0 Å². The van der Waals surface area contributed by atoms with Gasteiger partial charge in [-0.1, -0.05) is 42.5 Å². The Morgan fingerprint density at radius 3 is 2.13 bits per heavy atom. The maximum Gasteiger partial charge on any atom is 0.251 e. The number of anilines is 1. The van der Waals surface area contributed by atoms with Crippen LogP contribution in [0.25, 0.3) is 0 Å². The molecule has 3 rings (SSSR count). The Kier molecular flexibility index (Phi) is 7.31. The molecular formula is C24H26N2O4S. The summed E-state index contributed by atoms with van der Waals surface area (Å²) in [5.74, 6) is 0.563. The highest BCUT2D eigenvalue weighted by Crippen LogP contribution is 2.21. The Bertz CT molecular complexity index is 1100. The molecule has 3 aromatic carbocycles. The van der Waals surface area contributed by atoms with E-state index in [1.807, 2.05) is 61.5 Å². The van der Waals surface area contributed by atoms with Gasteiger partial charge in [0.2, 0.25) is 10.0 Å². The van der Waals surface area contributed by atoms with Crippen LogP contribution in [-0.4, -0.2) is 27.2 Å². The van der Waals surface area contributed by atoms with Crippen molar-refractivity contribution in [2.24, 2.45) is 0 Å². The maximum absolute atomic E-state index is 12.5. The van der Waals surface area contributed by atoms with Gasteiger partial charge in [0, 0.05) is 12.1 Å². The van der Waals surface area contributed by atoms with E-state index in [0.29, 0.717) is 24.4 Å². The Morgan fingerprint density at radius 2 is 1.55 bits per heavy atom. The van der Waals surface area contributed by atoms with Crippen LogP contribution in [0.2, 0.25) is 0 Å². The van der Waals surface area contributed by atoms with Crippen molar-refractivity contribution in [3.05, 3.63) is 95.6 Å². The van der Waals surface area contributed by atoms with Gasteiger partial charge in [-0.2, -0.15) is 0 Å². The molecule has 0 aliphatic rings. The monoisotopic (exact) mass is 438 g/mol. The zero-order valence-corrected chi connectivity index (χ0v) is 18.4. The normalized spacial score (nSPS) is 11.0. The minimum atomic E-state index is -3.48. The fourth-order valence-corrected chi connectivity index (χ4v) is 3.97. The molecule has 0 aromatic heterocycles. The molecule has 0 fully saturated rings. The summed E-state index contributed by atoms with van der Waals surface area (Å²) in [5.41, 5.74) is 2.81. The van der Waals surface area contributed by atoms with Gasteiger partial charge in [-0.3, -0.25) is 9.10 Å². The average Bonchev–Trinajstić information content (AvgIpc) is 2.77. The maximum atomic E-state index is 12.5. The second kappa shape index (κ2) is 10.1. The lowest BCUT2D eigenvalue weighted by molar-refractivity contribution is 0.0951. The van der Waals surface area contributed by atoms with E-state index in [1.165, 1.54) is 10.6 Å². The number of hydrogen-bond donors (Lipinski definition) is 1. The van der Waals surface area contributed by atoms with E-state index in [9.17, 15) is 13.2 Å². The molecule has 0 unspecified atom stereocenters. The molecule has 7 heteroatoms. The van der Waals surface area contributed by atoms with Crippen LogP contribution in [0, 0.1) is 0 Å². The van der Waals surface area contributed by atoms with Crippen molar-refractivity contribution in [3.63, 3.8) is 0 Å². The molecular weight excluding hydrogens is 412 g/mol. The van der Waals surface area contributed by atoms with Crippen molar-refractivity contribution in [1.29, 1.82) is 0 Å². The Balaban J connectivity index is 1.66. The van der Waals surface area contributed by atoms with Crippen LogP contribution >= 0.6 is 0 Å². The summed E-state index contributed by atoms with van der Waals surface area (Å²) >= 11 is 0. The number of sulfonamides is 1. The topological polar surface area (TPSA) is 75.7 Å². The summed E-state index contributed by atoms with van der Waals surface area (Å²) in [5, 5.41) is 2.87. The van der Waals surface area contributed by atoms with E-state index in [0.717, 1.165) is 16.9 Å². The van der Waals surface area contributed by atoms with E-state index in [-0.39, 0.29) is 12.5 Å². The third-order valence-electron chi connectivity index (χ3n) is 4.67. The lowest BCUT2D eigenvalue weighted by atomic mass is 10.1. The molecule has 31 heavy (non-hydrogen) atoms. The van der Waals surface area contributed by atoms with E-state index < -0.39 is 10.0 Å². The van der Waals surface area contributed by atoms with Crippen LogP contribution in [0.15, 0.2) is 78.9 Å². The van der Waals surface area contributed by atoms with E-state index in [4.69, 9.17) is 4.74 Å².